The lowest BCUT2D eigenvalue weighted by Gasteiger charge is -2.35. The zero-order valence-electron chi connectivity index (χ0n) is 9.66. The lowest BCUT2D eigenvalue weighted by molar-refractivity contribution is -0.261. The van der Waals surface area contributed by atoms with Gasteiger partial charge in [0.05, 0.1) is 0 Å². The number of rotatable bonds is 3. The zero-order chi connectivity index (χ0) is 14.6. The Morgan fingerprint density at radius 2 is 1.72 bits per heavy atom. The molecule has 1 aliphatic rings. The fourth-order valence-corrected chi connectivity index (χ4v) is 2.57. The minimum absolute atomic E-state index is 0.0345. The normalized spacial score (nSPS) is 40.5. The summed E-state index contributed by atoms with van der Waals surface area (Å²) in [5, 5.41) is 9.22. The fraction of sp³-hybridized carbons (Fsp3) is 1.00. The van der Waals surface area contributed by atoms with Crippen LogP contribution in [0.25, 0.3) is 0 Å². The fourth-order valence-electron chi connectivity index (χ4n) is 2.57. The van der Waals surface area contributed by atoms with Crippen molar-refractivity contribution in [1.29, 1.82) is 0 Å². The van der Waals surface area contributed by atoms with Crippen molar-refractivity contribution in [2.75, 3.05) is 0 Å². The second kappa shape index (κ2) is 3.98. The van der Waals surface area contributed by atoms with E-state index >= 15 is 0 Å². The molecule has 1 N–H and O–H groups in total. The van der Waals surface area contributed by atoms with Crippen LogP contribution < -0.4 is 0 Å². The molecule has 1 rings (SSSR count). The first-order valence-electron chi connectivity index (χ1n) is 5.28. The highest BCUT2D eigenvalue weighted by Gasteiger charge is 2.80. The maximum absolute atomic E-state index is 14.1. The summed E-state index contributed by atoms with van der Waals surface area (Å²) in [5.41, 5.74) is -7.31. The first-order chi connectivity index (χ1) is 7.83. The molecule has 1 aliphatic carbocycles. The van der Waals surface area contributed by atoms with Gasteiger partial charge in [-0.3, -0.25) is 0 Å². The molecule has 0 amide bonds. The smallest absolute Gasteiger partial charge is 0.293 e. The van der Waals surface area contributed by atoms with E-state index in [0.717, 1.165) is 6.92 Å². The van der Waals surface area contributed by atoms with Crippen LogP contribution in [0, 0.1) is 5.92 Å². The average Bonchev–Trinajstić information content (AvgIpc) is 2.30. The second-order valence-corrected chi connectivity index (χ2v) is 4.80. The molecule has 108 valence electrons. The Morgan fingerprint density at radius 3 is 1.94 bits per heavy atom. The molecule has 0 saturated heterocycles. The van der Waals surface area contributed by atoms with Crippen LogP contribution in [0.15, 0.2) is 0 Å². The van der Waals surface area contributed by atoms with Crippen molar-refractivity contribution in [3.63, 3.8) is 0 Å². The first-order valence-corrected chi connectivity index (χ1v) is 5.28. The summed E-state index contributed by atoms with van der Waals surface area (Å²) < 4.78 is 92.7. The van der Waals surface area contributed by atoms with Gasteiger partial charge < -0.3 is 5.11 Å². The number of hydrogen-bond acceptors (Lipinski definition) is 1. The molecule has 1 nitrogen and oxygen atoms in total. The van der Waals surface area contributed by atoms with Gasteiger partial charge >= 0.3 is 0 Å². The molecular weight excluding hydrogens is 269 g/mol. The van der Waals surface area contributed by atoms with Crippen molar-refractivity contribution in [3.8, 4) is 0 Å². The topological polar surface area (TPSA) is 20.2 Å². The third kappa shape index (κ3) is 1.88. The van der Waals surface area contributed by atoms with E-state index in [1.54, 1.807) is 0 Å². The molecule has 18 heavy (non-hydrogen) atoms. The van der Waals surface area contributed by atoms with E-state index in [2.05, 4.69) is 0 Å². The molecule has 0 aromatic heterocycles. The van der Waals surface area contributed by atoms with Crippen molar-refractivity contribution in [1.82, 2.24) is 0 Å². The van der Waals surface area contributed by atoms with Crippen LogP contribution in [0.2, 0.25) is 0 Å². The first kappa shape index (κ1) is 15.5. The molecule has 8 heteroatoms. The van der Waals surface area contributed by atoms with E-state index in [0.29, 0.717) is 0 Å². The van der Waals surface area contributed by atoms with Crippen LogP contribution in [0.3, 0.4) is 0 Å². The van der Waals surface area contributed by atoms with Gasteiger partial charge in [-0.25, -0.2) is 30.7 Å². The standard InChI is InChI=1S/C10H13F7O/c1-3-8(15)4-9(18,6(11)12)10(16,17)5(8)7(2,13)14/h5-6,18H,3-4H2,1-2H3. The van der Waals surface area contributed by atoms with Gasteiger partial charge in [0, 0.05) is 6.42 Å². The van der Waals surface area contributed by atoms with Gasteiger partial charge in [-0.1, -0.05) is 6.92 Å². The Bertz CT molecular complexity index is 327. The van der Waals surface area contributed by atoms with E-state index in [9.17, 15) is 35.8 Å². The Kier molecular flexibility index (Phi) is 3.43. The van der Waals surface area contributed by atoms with Gasteiger partial charge in [0.15, 0.2) is 5.60 Å². The summed E-state index contributed by atoms with van der Waals surface area (Å²) in [7, 11) is 0. The zero-order valence-corrected chi connectivity index (χ0v) is 9.66. The van der Waals surface area contributed by atoms with E-state index in [4.69, 9.17) is 0 Å². The molecule has 0 radical (unpaired) electrons. The van der Waals surface area contributed by atoms with Gasteiger partial charge in [0.25, 0.3) is 18.3 Å². The van der Waals surface area contributed by atoms with E-state index < -0.39 is 48.3 Å². The highest BCUT2D eigenvalue weighted by molar-refractivity contribution is 5.18. The lowest BCUT2D eigenvalue weighted by atomic mass is 9.84. The predicted octanol–water partition coefficient (Wildman–Crippen LogP) is 3.41. The van der Waals surface area contributed by atoms with Gasteiger partial charge in [0.1, 0.15) is 11.6 Å². The molecule has 0 heterocycles. The quantitative estimate of drug-likeness (QED) is 0.786. The van der Waals surface area contributed by atoms with E-state index in [1.165, 1.54) is 0 Å². The van der Waals surface area contributed by atoms with E-state index in [1.807, 2.05) is 0 Å². The van der Waals surface area contributed by atoms with Gasteiger partial charge in [-0.15, -0.1) is 0 Å². The van der Waals surface area contributed by atoms with Crippen molar-refractivity contribution >= 4 is 0 Å². The third-order valence-corrected chi connectivity index (χ3v) is 3.48. The van der Waals surface area contributed by atoms with Crippen LogP contribution in [0.4, 0.5) is 30.7 Å². The maximum Gasteiger partial charge on any atom is 0.293 e. The molecule has 3 atom stereocenters. The largest absolute Gasteiger partial charge is 0.378 e. The molecular formula is C10H13F7O. The number of halogens is 7. The molecule has 0 spiro atoms. The molecule has 0 aromatic carbocycles. The van der Waals surface area contributed by atoms with Crippen molar-refractivity contribution in [2.45, 2.75) is 56.2 Å². The number of aliphatic hydroxyl groups is 1. The van der Waals surface area contributed by atoms with Crippen molar-refractivity contribution in [2.24, 2.45) is 5.92 Å². The Labute approximate surface area is 99.0 Å². The SMILES string of the molecule is CCC1(F)CC(O)(C(F)F)C(F)(F)C1C(C)(F)F. The summed E-state index contributed by atoms with van der Waals surface area (Å²) in [6.45, 7) is 1.03. The van der Waals surface area contributed by atoms with E-state index in [-0.39, 0.29) is 6.92 Å². The van der Waals surface area contributed by atoms with Crippen molar-refractivity contribution < 1.29 is 35.8 Å². The average molecular weight is 282 g/mol. The Morgan fingerprint density at radius 1 is 1.28 bits per heavy atom. The Hall–Kier alpha value is -0.530. The minimum Gasteiger partial charge on any atom is -0.378 e. The van der Waals surface area contributed by atoms with Crippen LogP contribution in [-0.2, 0) is 0 Å². The van der Waals surface area contributed by atoms with Crippen LogP contribution in [-0.4, -0.2) is 34.6 Å². The monoisotopic (exact) mass is 282 g/mol. The summed E-state index contributed by atoms with van der Waals surface area (Å²) in [6, 6.07) is 0. The van der Waals surface area contributed by atoms with Gasteiger partial charge in [-0.05, 0) is 13.3 Å². The Balaban J connectivity index is 3.39. The van der Waals surface area contributed by atoms with Crippen LogP contribution >= 0.6 is 0 Å². The van der Waals surface area contributed by atoms with Gasteiger partial charge in [-0.2, -0.15) is 0 Å². The summed E-state index contributed by atoms with van der Waals surface area (Å²) in [5.74, 6) is -12.4. The highest BCUT2D eigenvalue weighted by atomic mass is 19.3. The lowest BCUT2D eigenvalue weighted by Crippen LogP contribution is -2.55. The molecule has 3 unspecified atom stereocenters. The van der Waals surface area contributed by atoms with Crippen LogP contribution in [0.5, 0.6) is 0 Å². The minimum atomic E-state index is -4.91. The predicted molar refractivity (Wildman–Crippen MR) is 48.8 cm³/mol. The third-order valence-electron chi connectivity index (χ3n) is 3.48. The molecule has 1 saturated carbocycles. The van der Waals surface area contributed by atoms with Crippen molar-refractivity contribution in [3.05, 3.63) is 0 Å². The summed E-state index contributed by atoms with van der Waals surface area (Å²) >= 11 is 0. The number of hydrogen-bond donors (Lipinski definition) is 1. The summed E-state index contributed by atoms with van der Waals surface area (Å²) in [6.07, 6.45) is -6.54. The number of alkyl halides is 7. The molecule has 0 aromatic rings. The maximum atomic E-state index is 14.1. The van der Waals surface area contributed by atoms with Gasteiger partial charge in [0.2, 0.25) is 0 Å². The molecule has 0 bridgehead atoms. The summed E-state index contributed by atoms with van der Waals surface area (Å²) in [4.78, 5) is 0. The highest BCUT2D eigenvalue weighted by Crippen LogP contribution is 2.62. The second-order valence-electron chi connectivity index (χ2n) is 4.80. The molecule has 0 aliphatic heterocycles. The molecule has 1 fully saturated rings. The van der Waals surface area contributed by atoms with Crippen LogP contribution in [0.1, 0.15) is 26.7 Å².